The van der Waals surface area contributed by atoms with Gasteiger partial charge in [0.1, 0.15) is 0 Å². The molecule has 5 nitrogen and oxygen atoms in total. The first-order chi connectivity index (χ1) is 12.3. The molecule has 3 rings (SSSR count). The van der Waals surface area contributed by atoms with Crippen molar-refractivity contribution < 1.29 is 4.79 Å². The molecule has 2 aromatic carbocycles. The van der Waals surface area contributed by atoms with E-state index in [1.54, 1.807) is 0 Å². The normalized spacial score (nSPS) is 15.8. The van der Waals surface area contributed by atoms with E-state index >= 15 is 0 Å². The number of primary amides is 1. The maximum absolute atomic E-state index is 12.1. The minimum atomic E-state index is -0.604. The summed E-state index contributed by atoms with van der Waals surface area (Å²) in [6.45, 7) is 8.16. The number of amides is 1. The number of carbonyl (C=O) groups excluding carboxylic acids is 1. The van der Waals surface area contributed by atoms with Gasteiger partial charge in [-0.2, -0.15) is 5.10 Å². The lowest BCUT2D eigenvalue weighted by Crippen LogP contribution is -2.38. The highest BCUT2D eigenvalue weighted by Gasteiger charge is 2.30. The second-order valence-corrected chi connectivity index (χ2v) is 7.34. The third-order valence-corrected chi connectivity index (χ3v) is 4.57. The number of aliphatic imine (C=N–C) groups is 1. The molecular formula is C21H24N4O. The zero-order valence-corrected chi connectivity index (χ0v) is 15.6. The molecule has 1 heterocycles. The van der Waals surface area contributed by atoms with Gasteiger partial charge in [0.05, 0.1) is 16.9 Å². The highest BCUT2D eigenvalue weighted by molar-refractivity contribution is 6.70. The van der Waals surface area contributed by atoms with Crippen molar-refractivity contribution in [2.24, 2.45) is 15.8 Å². The van der Waals surface area contributed by atoms with Gasteiger partial charge in [0.2, 0.25) is 0 Å². The molecule has 26 heavy (non-hydrogen) atoms. The lowest BCUT2D eigenvalue weighted by atomic mass is 9.85. The predicted octanol–water partition coefficient (Wildman–Crippen LogP) is 3.38. The maximum Gasteiger partial charge on any atom is 0.271 e. The molecule has 0 fully saturated rings. The fourth-order valence-corrected chi connectivity index (χ4v) is 3.11. The molecule has 1 amide bonds. The quantitative estimate of drug-likeness (QED) is 0.656. The van der Waals surface area contributed by atoms with Gasteiger partial charge in [-0.3, -0.25) is 15.2 Å². The van der Waals surface area contributed by atoms with Crippen molar-refractivity contribution in [1.82, 2.24) is 0 Å². The average Bonchev–Trinajstić information content (AvgIpc) is 2.56. The number of fused-ring (bicyclic) bond motifs is 1. The number of anilines is 1. The van der Waals surface area contributed by atoms with Crippen LogP contribution in [-0.4, -0.2) is 22.9 Å². The van der Waals surface area contributed by atoms with Gasteiger partial charge in [-0.05, 0) is 62.9 Å². The van der Waals surface area contributed by atoms with Gasteiger partial charge in [0.25, 0.3) is 5.91 Å². The predicted molar refractivity (Wildman–Crippen MR) is 107 cm³/mol. The summed E-state index contributed by atoms with van der Waals surface area (Å²) in [7, 11) is 0. The fraction of sp³-hybridized carbons (Fsp3) is 0.286. The second kappa shape index (κ2) is 6.75. The summed E-state index contributed by atoms with van der Waals surface area (Å²) in [5.41, 5.74) is 14.2. The smallest absolute Gasteiger partial charge is 0.271 e. The summed E-state index contributed by atoms with van der Waals surface area (Å²) in [6, 6.07) is 13.9. The van der Waals surface area contributed by atoms with Crippen LogP contribution in [0.15, 0.2) is 52.6 Å². The van der Waals surface area contributed by atoms with E-state index in [2.05, 4.69) is 16.6 Å². The zero-order valence-electron chi connectivity index (χ0n) is 15.6. The lowest BCUT2D eigenvalue weighted by molar-refractivity contribution is -0.111. The Labute approximate surface area is 154 Å². The summed E-state index contributed by atoms with van der Waals surface area (Å²) in [4.78, 5) is 16.9. The number of hydrogen-bond donors (Lipinski definition) is 2. The topological polar surface area (TPSA) is 79.8 Å². The number of nitrogens with two attached hydrogens (primary N) is 1. The van der Waals surface area contributed by atoms with Crippen LogP contribution in [0.5, 0.6) is 0 Å². The summed E-state index contributed by atoms with van der Waals surface area (Å²) >= 11 is 0. The number of nitrogens with zero attached hydrogens (tertiary/aromatic N) is 2. The molecule has 0 bridgehead atoms. The molecule has 0 aliphatic carbocycles. The Bertz CT molecular complexity index is 925. The van der Waals surface area contributed by atoms with Crippen LogP contribution in [0.1, 0.15) is 36.1 Å². The van der Waals surface area contributed by atoms with Crippen LogP contribution in [0, 0.1) is 13.8 Å². The van der Waals surface area contributed by atoms with Crippen molar-refractivity contribution >= 4 is 23.0 Å². The van der Waals surface area contributed by atoms with Crippen molar-refractivity contribution in [2.45, 2.75) is 39.7 Å². The van der Waals surface area contributed by atoms with E-state index in [1.165, 1.54) is 5.56 Å². The van der Waals surface area contributed by atoms with E-state index < -0.39 is 5.91 Å². The van der Waals surface area contributed by atoms with Crippen LogP contribution < -0.4 is 11.2 Å². The van der Waals surface area contributed by atoms with E-state index in [4.69, 9.17) is 10.7 Å². The summed E-state index contributed by atoms with van der Waals surface area (Å²) in [5, 5.41) is 4.31. The Kier molecular flexibility index (Phi) is 4.64. The number of rotatable bonds is 4. The Morgan fingerprint density at radius 2 is 1.88 bits per heavy atom. The van der Waals surface area contributed by atoms with Crippen LogP contribution >= 0.6 is 0 Å². The van der Waals surface area contributed by atoms with Gasteiger partial charge in [0, 0.05) is 5.56 Å². The van der Waals surface area contributed by atoms with Crippen LogP contribution in [0.4, 0.5) is 5.69 Å². The van der Waals surface area contributed by atoms with Gasteiger partial charge < -0.3 is 5.73 Å². The van der Waals surface area contributed by atoms with Crippen molar-refractivity contribution in [3.63, 3.8) is 0 Å². The zero-order chi connectivity index (χ0) is 18.9. The van der Waals surface area contributed by atoms with Crippen molar-refractivity contribution in [3.8, 4) is 0 Å². The van der Waals surface area contributed by atoms with Gasteiger partial charge in [-0.15, -0.1) is 0 Å². The Balaban J connectivity index is 2.02. The Morgan fingerprint density at radius 1 is 1.15 bits per heavy atom. The van der Waals surface area contributed by atoms with Crippen molar-refractivity contribution in [2.75, 3.05) is 5.43 Å². The summed E-state index contributed by atoms with van der Waals surface area (Å²) < 4.78 is 0. The second-order valence-electron chi connectivity index (χ2n) is 7.34. The van der Waals surface area contributed by atoms with Crippen LogP contribution in [0.25, 0.3) is 0 Å². The maximum atomic E-state index is 12.1. The lowest BCUT2D eigenvalue weighted by Gasteiger charge is -2.28. The molecule has 5 heteroatoms. The molecule has 0 unspecified atom stereocenters. The highest BCUT2D eigenvalue weighted by atomic mass is 16.1. The van der Waals surface area contributed by atoms with E-state index in [0.29, 0.717) is 5.71 Å². The minimum absolute atomic E-state index is 0.142. The number of aryl methyl sites for hydroxylation is 2. The van der Waals surface area contributed by atoms with Crippen molar-refractivity contribution in [3.05, 3.63) is 64.7 Å². The number of hydrogen-bond acceptors (Lipinski definition) is 4. The number of benzene rings is 2. The SMILES string of the molecule is Cc1ccc(N/N=C(/C(N)=O)C2=NC(C)(C)Cc3ccccc32)cc1C. The molecule has 134 valence electrons. The number of carbonyl (C=O) groups is 1. The first-order valence-electron chi connectivity index (χ1n) is 8.66. The van der Waals surface area contributed by atoms with Gasteiger partial charge in [0.15, 0.2) is 5.71 Å². The van der Waals surface area contributed by atoms with Gasteiger partial charge in [-0.25, -0.2) is 0 Å². The average molecular weight is 348 g/mol. The molecule has 1 aliphatic heterocycles. The molecule has 0 aromatic heterocycles. The molecule has 0 saturated carbocycles. The number of hydrazone groups is 1. The Morgan fingerprint density at radius 3 is 2.58 bits per heavy atom. The van der Waals surface area contributed by atoms with E-state index in [9.17, 15) is 4.79 Å². The van der Waals surface area contributed by atoms with Crippen molar-refractivity contribution in [1.29, 1.82) is 0 Å². The van der Waals surface area contributed by atoms with Crippen LogP contribution in [0.3, 0.4) is 0 Å². The third-order valence-electron chi connectivity index (χ3n) is 4.57. The largest absolute Gasteiger partial charge is 0.364 e. The first kappa shape index (κ1) is 17.9. The first-order valence-corrected chi connectivity index (χ1v) is 8.66. The van der Waals surface area contributed by atoms with E-state index in [-0.39, 0.29) is 11.3 Å². The van der Waals surface area contributed by atoms with Gasteiger partial charge >= 0.3 is 0 Å². The molecule has 2 aromatic rings. The molecule has 0 radical (unpaired) electrons. The number of nitrogens with one attached hydrogen (secondary N) is 1. The summed E-state index contributed by atoms with van der Waals surface area (Å²) in [5.74, 6) is -0.604. The minimum Gasteiger partial charge on any atom is -0.364 e. The third kappa shape index (κ3) is 3.67. The Hall–Kier alpha value is -2.95. The monoisotopic (exact) mass is 348 g/mol. The molecule has 0 atom stereocenters. The highest BCUT2D eigenvalue weighted by Crippen LogP contribution is 2.27. The fourth-order valence-electron chi connectivity index (χ4n) is 3.11. The molecule has 1 aliphatic rings. The molecule has 0 spiro atoms. The molecule has 0 saturated heterocycles. The van der Waals surface area contributed by atoms with E-state index in [0.717, 1.165) is 28.8 Å². The molecule has 3 N–H and O–H groups in total. The standard InChI is InChI=1S/C21H24N4O/c1-13-9-10-16(11-14(13)2)24-25-19(20(22)26)18-17-8-6-5-7-15(17)12-21(3,4)23-18/h5-11,24H,12H2,1-4H3,(H2,22,26)/b25-19+. The van der Waals surface area contributed by atoms with Crippen LogP contribution in [-0.2, 0) is 11.2 Å². The summed E-state index contributed by atoms with van der Waals surface area (Å²) in [6.07, 6.45) is 0.809. The molecular weight excluding hydrogens is 324 g/mol. The van der Waals surface area contributed by atoms with Crippen LogP contribution in [0.2, 0.25) is 0 Å². The van der Waals surface area contributed by atoms with E-state index in [1.807, 2.05) is 64.1 Å². The van der Waals surface area contributed by atoms with Gasteiger partial charge in [-0.1, -0.05) is 30.3 Å².